The Morgan fingerprint density at radius 3 is 2.75 bits per heavy atom. The maximum absolute atomic E-state index is 12.4. The van der Waals surface area contributed by atoms with E-state index in [4.69, 9.17) is 21.1 Å². The number of thiazole rings is 1. The number of hydrogen-bond acceptors (Lipinski definition) is 6. The third-order valence-corrected chi connectivity index (χ3v) is 5.27. The molecule has 3 aromatic rings. The number of halogens is 1. The number of hydrogen-bond donors (Lipinski definition) is 1. The van der Waals surface area contributed by atoms with Crippen molar-refractivity contribution in [2.45, 2.75) is 0 Å². The first-order chi connectivity index (χ1) is 11.7. The monoisotopic (exact) mass is 378 g/mol. The number of rotatable bonds is 3. The SMILES string of the molecule is O=C(Nc1cc2c(cc1Cl)OCCO2)c1csc(-c2ccsc2)n1. The number of nitrogens with one attached hydrogen (secondary N) is 1. The molecule has 0 bridgehead atoms. The number of benzene rings is 1. The molecule has 0 radical (unpaired) electrons. The minimum absolute atomic E-state index is 0.314. The van der Waals surface area contributed by atoms with E-state index in [9.17, 15) is 4.79 Å². The fraction of sp³-hybridized carbons (Fsp3) is 0.125. The van der Waals surface area contributed by atoms with Crippen LogP contribution in [0.15, 0.2) is 34.3 Å². The van der Waals surface area contributed by atoms with Gasteiger partial charge in [-0.2, -0.15) is 11.3 Å². The molecule has 0 atom stereocenters. The summed E-state index contributed by atoms with van der Waals surface area (Å²) in [7, 11) is 0. The molecule has 0 unspecified atom stereocenters. The second-order valence-electron chi connectivity index (χ2n) is 4.98. The number of carbonyl (C=O) groups is 1. The first-order valence-corrected chi connectivity index (χ1v) is 9.29. The van der Waals surface area contributed by atoms with Crippen molar-refractivity contribution in [1.29, 1.82) is 0 Å². The van der Waals surface area contributed by atoms with Crippen LogP contribution in [0.25, 0.3) is 10.6 Å². The molecule has 1 aromatic carbocycles. The van der Waals surface area contributed by atoms with Crippen molar-refractivity contribution in [2.75, 3.05) is 18.5 Å². The van der Waals surface area contributed by atoms with Gasteiger partial charge in [0.2, 0.25) is 0 Å². The van der Waals surface area contributed by atoms with Crippen LogP contribution in [0.5, 0.6) is 11.5 Å². The Balaban J connectivity index is 1.56. The van der Waals surface area contributed by atoms with Crippen molar-refractivity contribution >= 4 is 45.9 Å². The van der Waals surface area contributed by atoms with Crippen LogP contribution in [0, 0.1) is 0 Å². The van der Waals surface area contributed by atoms with Crippen molar-refractivity contribution in [3.8, 4) is 22.1 Å². The first-order valence-electron chi connectivity index (χ1n) is 7.09. The smallest absolute Gasteiger partial charge is 0.275 e. The van der Waals surface area contributed by atoms with E-state index in [2.05, 4.69) is 10.3 Å². The van der Waals surface area contributed by atoms with E-state index in [0.29, 0.717) is 41.1 Å². The van der Waals surface area contributed by atoms with Gasteiger partial charge in [0, 0.05) is 28.5 Å². The highest BCUT2D eigenvalue weighted by Gasteiger charge is 2.18. The zero-order chi connectivity index (χ0) is 16.5. The van der Waals surface area contributed by atoms with Crippen LogP contribution in [0.3, 0.4) is 0 Å². The highest BCUT2D eigenvalue weighted by molar-refractivity contribution is 7.14. The minimum Gasteiger partial charge on any atom is -0.486 e. The molecule has 1 N–H and O–H groups in total. The quantitative estimate of drug-likeness (QED) is 0.726. The maximum atomic E-state index is 12.4. The van der Waals surface area contributed by atoms with Crippen molar-refractivity contribution in [3.63, 3.8) is 0 Å². The molecule has 1 aliphatic heterocycles. The number of anilines is 1. The van der Waals surface area contributed by atoms with Crippen LogP contribution < -0.4 is 14.8 Å². The topological polar surface area (TPSA) is 60.5 Å². The Morgan fingerprint density at radius 2 is 2.00 bits per heavy atom. The first kappa shape index (κ1) is 15.4. The van der Waals surface area contributed by atoms with Gasteiger partial charge in [-0.15, -0.1) is 11.3 Å². The van der Waals surface area contributed by atoms with Gasteiger partial charge in [0.05, 0.1) is 10.7 Å². The molecule has 0 saturated carbocycles. The Morgan fingerprint density at radius 1 is 1.21 bits per heavy atom. The van der Waals surface area contributed by atoms with Gasteiger partial charge in [0.1, 0.15) is 23.9 Å². The summed E-state index contributed by atoms with van der Waals surface area (Å²) in [4.78, 5) is 16.8. The Kier molecular flexibility index (Phi) is 4.13. The lowest BCUT2D eigenvalue weighted by Crippen LogP contribution is -2.17. The highest BCUT2D eigenvalue weighted by atomic mass is 35.5. The van der Waals surface area contributed by atoms with Gasteiger partial charge in [-0.25, -0.2) is 4.98 Å². The van der Waals surface area contributed by atoms with E-state index in [-0.39, 0.29) is 5.91 Å². The average Bonchev–Trinajstić information content (AvgIpc) is 3.26. The molecule has 1 amide bonds. The molecule has 1 aliphatic rings. The largest absolute Gasteiger partial charge is 0.486 e. The summed E-state index contributed by atoms with van der Waals surface area (Å²) >= 11 is 9.24. The van der Waals surface area contributed by atoms with Crippen molar-refractivity contribution in [1.82, 2.24) is 4.98 Å². The number of nitrogens with zero attached hydrogens (tertiary/aromatic N) is 1. The average molecular weight is 379 g/mol. The maximum Gasteiger partial charge on any atom is 0.275 e. The normalized spacial score (nSPS) is 12.9. The fourth-order valence-corrected chi connectivity index (χ4v) is 3.96. The molecule has 0 aliphatic carbocycles. The van der Waals surface area contributed by atoms with Crippen molar-refractivity contribution < 1.29 is 14.3 Å². The molecular formula is C16H11ClN2O3S2. The third-order valence-electron chi connectivity index (χ3n) is 3.39. The second-order valence-corrected chi connectivity index (χ2v) is 7.03. The fourth-order valence-electron chi connectivity index (χ4n) is 2.24. The molecule has 8 heteroatoms. The number of amides is 1. The van der Waals surface area contributed by atoms with Crippen LogP contribution in [0.4, 0.5) is 5.69 Å². The van der Waals surface area contributed by atoms with Gasteiger partial charge in [-0.05, 0) is 11.4 Å². The predicted molar refractivity (Wildman–Crippen MR) is 95.8 cm³/mol. The molecule has 0 fully saturated rings. The molecular weight excluding hydrogens is 368 g/mol. The second kappa shape index (κ2) is 6.43. The van der Waals surface area contributed by atoms with Crippen molar-refractivity contribution in [2.24, 2.45) is 0 Å². The van der Waals surface area contributed by atoms with E-state index in [1.54, 1.807) is 28.8 Å². The summed E-state index contributed by atoms with van der Waals surface area (Å²) in [6, 6.07) is 5.28. The van der Waals surface area contributed by atoms with Crippen molar-refractivity contribution in [3.05, 3.63) is 45.1 Å². The Bertz CT molecular complexity index is 893. The van der Waals surface area contributed by atoms with Crippen LogP contribution >= 0.6 is 34.3 Å². The lowest BCUT2D eigenvalue weighted by Gasteiger charge is -2.19. The standard InChI is InChI=1S/C16H11ClN2O3S2/c17-10-5-13-14(22-3-2-21-13)6-11(10)18-15(20)12-8-24-16(19-12)9-1-4-23-7-9/h1,4-8H,2-3H2,(H,18,20). The van der Waals surface area contributed by atoms with Gasteiger partial charge in [0.25, 0.3) is 5.91 Å². The van der Waals surface area contributed by atoms with Gasteiger partial charge in [-0.3, -0.25) is 4.79 Å². The molecule has 4 rings (SSSR count). The molecule has 5 nitrogen and oxygen atoms in total. The molecule has 0 saturated heterocycles. The van der Waals surface area contributed by atoms with Gasteiger partial charge in [0.15, 0.2) is 11.5 Å². The van der Waals surface area contributed by atoms with Gasteiger partial charge >= 0.3 is 0 Å². The number of thiophene rings is 1. The van der Waals surface area contributed by atoms with Crippen LogP contribution in [0.2, 0.25) is 5.02 Å². The summed E-state index contributed by atoms with van der Waals surface area (Å²) in [5.74, 6) is 0.835. The lowest BCUT2D eigenvalue weighted by molar-refractivity contribution is 0.102. The summed E-state index contributed by atoms with van der Waals surface area (Å²) in [6.07, 6.45) is 0. The minimum atomic E-state index is -0.314. The van der Waals surface area contributed by atoms with Crippen LogP contribution in [0.1, 0.15) is 10.5 Å². The van der Waals surface area contributed by atoms with E-state index in [1.807, 2.05) is 16.8 Å². The number of carbonyl (C=O) groups excluding carboxylic acids is 1. The van der Waals surface area contributed by atoms with E-state index in [0.717, 1.165) is 10.6 Å². The molecule has 122 valence electrons. The summed E-state index contributed by atoms with van der Waals surface area (Å²) in [5, 5.41) is 9.69. The predicted octanol–water partition coefficient (Wildman–Crippen LogP) is 4.55. The van der Waals surface area contributed by atoms with E-state index < -0.39 is 0 Å². The zero-order valence-corrected chi connectivity index (χ0v) is 14.6. The molecule has 2 aromatic heterocycles. The zero-order valence-electron chi connectivity index (χ0n) is 12.2. The summed E-state index contributed by atoms with van der Waals surface area (Å²) in [5.41, 5.74) is 1.84. The number of aromatic nitrogens is 1. The summed E-state index contributed by atoms with van der Waals surface area (Å²) in [6.45, 7) is 0.956. The Labute approximate surface area is 150 Å². The lowest BCUT2D eigenvalue weighted by atomic mass is 10.2. The molecule has 0 spiro atoms. The van der Waals surface area contributed by atoms with E-state index in [1.165, 1.54) is 11.3 Å². The van der Waals surface area contributed by atoms with Gasteiger partial charge < -0.3 is 14.8 Å². The Hall–Kier alpha value is -2.09. The number of fused-ring (bicyclic) bond motifs is 1. The van der Waals surface area contributed by atoms with E-state index >= 15 is 0 Å². The van der Waals surface area contributed by atoms with Crippen LogP contribution in [-0.2, 0) is 0 Å². The van der Waals surface area contributed by atoms with Crippen LogP contribution in [-0.4, -0.2) is 24.1 Å². The molecule has 24 heavy (non-hydrogen) atoms. The third kappa shape index (κ3) is 2.98. The summed E-state index contributed by atoms with van der Waals surface area (Å²) < 4.78 is 11.0. The number of ether oxygens (including phenoxy) is 2. The van der Waals surface area contributed by atoms with Gasteiger partial charge in [-0.1, -0.05) is 11.6 Å². The highest BCUT2D eigenvalue weighted by Crippen LogP contribution is 2.38. The molecule has 3 heterocycles.